The molecule has 1 N–H and O–H groups in total. The first-order valence-corrected chi connectivity index (χ1v) is 9.43. The lowest BCUT2D eigenvalue weighted by molar-refractivity contribution is -0.158. The molecule has 0 bridgehead atoms. The molecule has 0 radical (unpaired) electrons. The number of rotatable bonds is 4. The number of thioether (sulfide) groups is 1. The zero-order chi connectivity index (χ0) is 15.6. The number of hydrogen-bond donors (Lipinski definition) is 1. The van der Waals surface area contributed by atoms with E-state index >= 15 is 0 Å². The molecule has 2 aliphatic rings. The van der Waals surface area contributed by atoms with Gasteiger partial charge in [-0.25, -0.2) is 0 Å². The number of carbonyl (C=O) groups is 2. The normalized spacial score (nSPS) is 37.5. The topological polar surface area (TPSA) is 49.4 Å². The number of nitrogens with zero attached hydrogens (tertiary/aromatic N) is 1. The van der Waals surface area contributed by atoms with Crippen molar-refractivity contribution in [2.75, 3.05) is 6.26 Å². The van der Waals surface area contributed by atoms with Crippen LogP contribution < -0.4 is 5.32 Å². The van der Waals surface area contributed by atoms with Gasteiger partial charge in [-0.1, -0.05) is 20.3 Å². The van der Waals surface area contributed by atoms with Gasteiger partial charge in [0.15, 0.2) is 0 Å². The van der Waals surface area contributed by atoms with Crippen molar-refractivity contribution in [3.05, 3.63) is 0 Å². The number of nitrogens with one attached hydrogen (secondary N) is 1. The van der Waals surface area contributed by atoms with Crippen molar-refractivity contribution in [1.82, 2.24) is 10.2 Å². The summed E-state index contributed by atoms with van der Waals surface area (Å²) in [4.78, 5) is 27.4. The van der Waals surface area contributed by atoms with Gasteiger partial charge >= 0.3 is 0 Å². The van der Waals surface area contributed by atoms with Crippen LogP contribution >= 0.6 is 11.8 Å². The summed E-state index contributed by atoms with van der Waals surface area (Å²) in [6.07, 6.45) is 7.92. The molecule has 2 fully saturated rings. The molecule has 120 valence electrons. The Hall–Kier alpha value is -0.710. The number of piperazine rings is 1. The first-order chi connectivity index (χ1) is 9.96. The molecule has 0 spiro atoms. The third-order valence-electron chi connectivity index (χ3n) is 5.16. The maximum Gasteiger partial charge on any atom is 0.248 e. The van der Waals surface area contributed by atoms with E-state index in [0.29, 0.717) is 18.1 Å². The van der Waals surface area contributed by atoms with Crippen LogP contribution in [0, 0.1) is 0 Å². The quantitative estimate of drug-likeness (QED) is 0.868. The summed E-state index contributed by atoms with van der Waals surface area (Å²) in [6.45, 7) is 5.82. The van der Waals surface area contributed by atoms with E-state index in [-0.39, 0.29) is 23.9 Å². The van der Waals surface area contributed by atoms with Crippen LogP contribution in [0.1, 0.15) is 59.3 Å². The second kappa shape index (κ2) is 6.59. The highest BCUT2D eigenvalue weighted by Crippen LogP contribution is 2.34. The van der Waals surface area contributed by atoms with Crippen molar-refractivity contribution in [2.24, 2.45) is 0 Å². The number of carbonyl (C=O) groups excluding carboxylic acids is 2. The van der Waals surface area contributed by atoms with E-state index in [2.05, 4.69) is 11.6 Å². The lowest BCUT2D eigenvalue weighted by Crippen LogP contribution is -2.71. The smallest absolute Gasteiger partial charge is 0.248 e. The Balaban J connectivity index is 2.27. The Bertz CT molecular complexity index is 415. The van der Waals surface area contributed by atoms with E-state index in [1.807, 2.05) is 37.4 Å². The minimum atomic E-state index is -0.727. The SMILES string of the molecule is CCC1C(=O)NC(C)(CC)C(=O)N1C1CCCC(SC)C1. The van der Waals surface area contributed by atoms with Gasteiger partial charge in [-0.15, -0.1) is 0 Å². The molecule has 4 nitrogen and oxygen atoms in total. The van der Waals surface area contributed by atoms with Gasteiger partial charge in [0, 0.05) is 11.3 Å². The van der Waals surface area contributed by atoms with Gasteiger partial charge in [0.2, 0.25) is 11.8 Å². The fourth-order valence-corrected chi connectivity index (χ4v) is 4.41. The maximum absolute atomic E-state index is 13.0. The molecule has 2 rings (SSSR count). The average molecular weight is 312 g/mol. The summed E-state index contributed by atoms with van der Waals surface area (Å²) in [5, 5.41) is 3.57. The molecule has 1 aliphatic carbocycles. The number of amides is 2. The fraction of sp³-hybridized carbons (Fsp3) is 0.875. The van der Waals surface area contributed by atoms with Crippen LogP contribution in [0.25, 0.3) is 0 Å². The van der Waals surface area contributed by atoms with Gasteiger partial charge < -0.3 is 10.2 Å². The van der Waals surface area contributed by atoms with Crippen LogP contribution in [0.15, 0.2) is 0 Å². The monoisotopic (exact) mass is 312 g/mol. The van der Waals surface area contributed by atoms with Gasteiger partial charge in [0.25, 0.3) is 0 Å². The Morgan fingerprint density at radius 1 is 1.33 bits per heavy atom. The summed E-state index contributed by atoms with van der Waals surface area (Å²) < 4.78 is 0. The van der Waals surface area contributed by atoms with Crippen LogP contribution in [0.2, 0.25) is 0 Å². The largest absolute Gasteiger partial charge is 0.340 e. The average Bonchev–Trinajstić information content (AvgIpc) is 2.50. The van der Waals surface area contributed by atoms with E-state index in [0.717, 1.165) is 19.3 Å². The number of hydrogen-bond acceptors (Lipinski definition) is 3. The van der Waals surface area contributed by atoms with Crippen molar-refractivity contribution >= 4 is 23.6 Å². The molecular weight excluding hydrogens is 284 g/mol. The highest BCUT2D eigenvalue weighted by atomic mass is 32.2. The van der Waals surface area contributed by atoms with Gasteiger partial charge in [-0.2, -0.15) is 11.8 Å². The van der Waals surface area contributed by atoms with E-state index in [9.17, 15) is 9.59 Å². The third-order valence-corrected chi connectivity index (χ3v) is 6.26. The van der Waals surface area contributed by atoms with Crippen LogP contribution in [0.5, 0.6) is 0 Å². The molecule has 5 heteroatoms. The minimum Gasteiger partial charge on any atom is -0.340 e. The van der Waals surface area contributed by atoms with Crippen LogP contribution in [0.3, 0.4) is 0 Å². The van der Waals surface area contributed by atoms with Gasteiger partial charge in [0.1, 0.15) is 11.6 Å². The molecule has 1 aliphatic heterocycles. The third kappa shape index (κ3) is 3.08. The van der Waals surface area contributed by atoms with Crippen molar-refractivity contribution in [1.29, 1.82) is 0 Å². The molecule has 4 unspecified atom stereocenters. The van der Waals surface area contributed by atoms with Gasteiger partial charge in [0.05, 0.1) is 0 Å². The van der Waals surface area contributed by atoms with Crippen molar-refractivity contribution < 1.29 is 9.59 Å². The molecule has 2 amide bonds. The Morgan fingerprint density at radius 3 is 2.62 bits per heavy atom. The highest BCUT2D eigenvalue weighted by molar-refractivity contribution is 7.99. The summed E-state index contributed by atoms with van der Waals surface area (Å²) in [7, 11) is 0. The predicted octanol–water partition coefficient (Wildman–Crippen LogP) is 2.57. The first-order valence-electron chi connectivity index (χ1n) is 8.14. The lowest BCUT2D eigenvalue weighted by atomic mass is 9.86. The molecule has 0 aromatic rings. The minimum absolute atomic E-state index is 0.0210. The maximum atomic E-state index is 13.0. The van der Waals surface area contributed by atoms with Crippen molar-refractivity contribution in [2.45, 2.75) is 82.2 Å². The summed E-state index contributed by atoms with van der Waals surface area (Å²) in [6, 6.07) is -0.0618. The highest BCUT2D eigenvalue weighted by Gasteiger charge is 2.49. The van der Waals surface area contributed by atoms with E-state index in [1.54, 1.807) is 0 Å². The van der Waals surface area contributed by atoms with Crippen molar-refractivity contribution in [3.8, 4) is 0 Å². The molecule has 4 atom stereocenters. The van der Waals surface area contributed by atoms with Crippen molar-refractivity contribution in [3.63, 3.8) is 0 Å². The second-order valence-electron chi connectivity index (χ2n) is 6.49. The Labute approximate surface area is 132 Å². The molecule has 0 aromatic heterocycles. The van der Waals surface area contributed by atoms with Crippen LogP contribution in [0.4, 0.5) is 0 Å². The summed E-state index contributed by atoms with van der Waals surface area (Å²) in [5.41, 5.74) is -0.727. The standard InChI is InChI=1S/C16H28N2O2S/c1-5-13-14(19)17-16(3,6-2)15(20)18(13)11-8-7-9-12(10-11)21-4/h11-13H,5-10H2,1-4H3,(H,17,19). The molecule has 21 heavy (non-hydrogen) atoms. The molecular formula is C16H28N2O2S. The zero-order valence-corrected chi connectivity index (χ0v) is 14.5. The van der Waals surface area contributed by atoms with Gasteiger partial charge in [-0.3, -0.25) is 9.59 Å². The van der Waals surface area contributed by atoms with E-state index in [4.69, 9.17) is 0 Å². The first kappa shape index (κ1) is 16.7. The van der Waals surface area contributed by atoms with E-state index < -0.39 is 5.54 Å². The molecule has 1 saturated carbocycles. The Kier molecular flexibility index (Phi) is 5.23. The molecule has 1 heterocycles. The van der Waals surface area contributed by atoms with E-state index in [1.165, 1.54) is 6.42 Å². The molecule has 1 saturated heterocycles. The zero-order valence-electron chi connectivity index (χ0n) is 13.6. The summed E-state index contributed by atoms with van der Waals surface area (Å²) in [5.74, 6) is 0.135. The molecule has 0 aromatic carbocycles. The second-order valence-corrected chi connectivity index (χ2v) is 7.63. The summed E-state index contributed by atoms with van der Waals surface area (Å²) >= 11 is 1.89. The fourth-order valence-electron chi connectivity index (χ4n) is 3.59. The van der Waals surface area contributed by atoms with Crippen LogP contribution in [-0.2, 0) is 9.59 Å². The lowest BCUT2D eigenvalue weighted by Gasteiger charge is -2.49. The van der Waals surface area contributed by atoms with Gasteiger partial charge in [-0.05, 0) is 45.3 Å². The Morgan fingerprint density at radius 2 is 2.05 bits per heavy atom. The van der Waals surface area contributed by atoms with Crippen LogP contribution in [-0.4, -0.2) is 45.8 Å². The predicted molar refractivity (Wildman–Crippen MR) is 87.3 cm³/mol.